The molecule has 0 aromatic heterocycles. The average Bonchev–Trinajstić information content (AvgIpc) is 2.40. The van der Waals surface area contributed by atoms with Crippen molar-refractivity contribution >= 4 is 15.9 Å². The number of halogens is 1. The standard InChI is InChI=1S/C15H23BrO3/c1-12-9-14(11-16)10-13(2)15(12)19-8-7-18-6-4-5-17-3/h9-10H,4-8,11H2,1-3H3. The Kier molecular flexibility index (Phi) is 8.10. The van der Waals surface area contributed by atoms with Gasteiger partial charge in [-0.25, -0.2) is 0 Å². The van der Waals surface area contributed by atoms with Crippen LogP contribution < -0.4 is 4.74 Å². The maximum atomic E-state index is 5.80. The highest BCUT2D eigenvalue weighted by Gasteiger charge is 2.06. The zero-order valence-corrected chi connectivity index (χ0v) is 13.6. The Morgan fingerprint density at radius 1 is 1.00 bits per heavy atom. The molecular formula is C15H23BrO3. The Morgan fingerprint density at radius 2 is 1.68 bits per heavy atom. The van der Waals surface area contributed by atoms with Gasteiger partial charge in [-0.3, -0.25) is 0 Å². The maximum absolute atomic E-state index is 5.80. The van der Waals surface area contributed by atoms with Crippen molar-refractivity contribution in [3.8, 4) is 5.75 Å². The molecule has 0 heterocycles. The lowest BCUT2D eigenvalue weighted by Gasteiger charge is -2.13. The molecule has 3 nitrogen and oxygen atoms in total. The molecule has 0 saturated heterocycles. The van der Waals surface area contributed by atoms with Crippen LogP contribution in [0.3, 0.4) is 0 Å². The van der Waals surface area contributed by atoms with Crippen molar-refractivity contribution in [3.05, 3.63) is 28.8 Å². The minimum atomic E-state index is 0.586. The highest BCUT2D eigenvalue weighted by atomic mass is 79.9. The van der Waals surface area contributed by atoms with Crippen LogP contribution >= 0.6 is 15.9 Å². The number of alkyl halides is 1. The summed E-state index contributed by atoms with van der Waals surface area (Å²) in [4.78, 5) is 0. The molecule has 0 fully saturated rings. The predicted octanol–water partition coefficient (Wildman–Crippen LogP) is 3.63. The fourth-order valence-electron chi connectivity index (χ4n) is 1.95. The van der Waals surface area contributed by atoms with Gasteiger partial charge in [0.2, 0.25) is 0 Å². The van der Waals surface area contributed by atoms with Gasteiger partial charge in [-0.05, 0) is 37.0 Å². The van der Waals surface area contributed by atoms with Crippen LogP contribution in [-0.4, -0.2) is 33.5 Å². The summed E-state index contributed by atoms with van der Waals surface area (Å²) < 4.78 is 16.2. The lowest BCUT2D eigenvalue weighted by atomic mass is 10.1. The van der Waals surface area contributed by atoms with E-state index >= 15 is 0 Å². The second-order valence-electron chi connectivity index (χ2n) is 4.50. The van der Waals surface area contributed by atoms with Crippen LogP contribution in [0.25, 0.3) is 0 Å². The molecule has 0 aliphatic heterocycles. The zero-order valence-electron chi connectivity index (χ0n) is 12.0. The van der Waals surface area contributed by atoms with Crippen LogP contribution in [0.15, 0.2) is 12.1 Å². The molecule has 0 radical (unpaired) electrons. The largest absolute Gasteiger partial charge is 0.491 e. The average molecular weight is 331 g/mol. The van der Waals surface area contributed by atoms with Crippen molar-refractivity contribution in [1.29, 1.82) is 0 Å². The molecule has 1 rings (SSSR count). The van der Waals surface area contributed by atoms with E-state index in [1.54, 1.807) is 7.11 Å². The van der Waals surface area contributed by atoms with Crippen molar-refractivity contribution in [1.82, 2.24) is 0 Å². The summed E-state index contributed by atoms with van der Waals surface area (Å²) in [5.41, 5.74) is 3.63. The van der Waals surface area contributed by atoms with Crippen molar-refractivity contribution < 1.29 is 14.2 Å². The first-order valence-electron chi connectivity index (χ1n) is 6.54. The van der Waals surface area contributed by atoms with Gasteiger partial charge in [0.1, 0.15) is 12.4 Å². The summed E-state index contributed by atoms with van der Waals surface area (Å²) in [6, 6.07) is 4.30. The Hall–Kier alpha value is -0.580. The van der Waals surface area contributed by atoms with E-state index in [0.717, 1.165) is 30.7 Å². The van der Waals surface area contributed by atoms with Crippen LogP contribution in [0.1, 0.15) is 23.1 Å². The molecular weight excluding hydrogens is 308 g/mol. The third kappa shape index (κ3) is 5.93. The monoisotopic (exact) mass is 330 g/mol. The maximum Gasteiger partial charge on any atom is 0.125 e. The van der Waals surface area contributed by atoms with Gasteiger partial charge in [0.25, 0.3) is 0 Å². The molecule has 0 unspecified atom stereocenters. The minimum Gasteiger partial charge on any atom is -0.491 e. The fourth-order valence-corrected chi connectivity index (χ4v) is 2.28. The van der Waals surface area contributed by atoms with E-state index in [1.165, 1.54) is 16.7 Å². The van der Waals surface area contributed by atoms with Gasteiger partial charge in [-0.2, -0.15) is 0 Å². The molecule has 19 heavy (non-hydrogen) atoms. The third-order valence-electron chi connectivity index (χ3n) is 2.79. The minimum absolute atomic E-state index is 0.586. The van der Waals surface area contributed by atoms with Gasteiger partial charge in [0, 0.05) is 25.7 Å². The topological polar surface area (TPSA) is 27.7 Å². The van der Waals surface area contributed by atoms with Gasteiger partial charge in [0.05, 0.1) is 6.61 Å². The summed E-state index contributed by atoms with van der Waals surface area (Å²) in [7, 11) is 1.70. The van der Waals surface area contributed by atoms with E-state index in [-0.39, 0.29) is 0 Å². The van der Waals surface area contributed by atoms with Crippen LogP contribution in [0, 0.1) is 13.8 Å². The number of methoxy groups -OCH3 is 1. The summed E-state index contributed by atoms with van der Waals surface area (Å²) in [5.74, 6) is 0.977. The Labute approximate surface area is 124 Å². The Morgan fingerprint density at radius 3 is 2.26 bits per heavy atom. The van der Waals surface area contributed by atoms with Crippen molar-refractivity contribution in [3.63, 3.8) is 0 Å². The Bertz CT molecular complexity index is 357. The number of rotatable bonds is 9. The van der Waals surface area contributed by atoms with Crippen molar-refractivity contribution in [2.24, 2.45) is 0 Å². The smallest absolute Gasteiger partial charge is 0.125 e. The van der Waals surface area contributed by atoms with Crippen LogP contribution in [0.2, 0.25) is 0 Å². The fraction of sp³-hybridized carbons (Fsp3) is 0.600. The first kappa shape index (κ1) is 16.5. The van der Waals surface area contributed by atoms with Gasteiger partial charge >= 0.3 is 0 Å². The third-order valence-corrected chi connectivity index (χ3v) is 3.43. The van der Waals surface area contributed by atoms with E-state index in [1.807, 2.05) is 0 Å². The lowest BCUT2D eigenvalue weighted by Crippen LogP contribution is -2.10. The zero-order chi connectivity index (χ0) is 14.1. The summed E-state index contributed by atoms with van der Waals surface area (Å²) >= 11 is 3.47. The molecule has 108 valence electrons. The number of hydrogen-bond donors (Lipinski definition) is 0. The van der Waals surface area contributed by atoms with Gasteiger partial charge < -0.3 is 14.2 Å². The lowest BCUT2D eigenvalue weighted by molar-refractivity contribution is 0.0803. The molecule has 0 aliphatic carbocycles. The van der Waals surface area contributed by atoms with Gasteiger partial charge in [0.15, 0.2) is 0 Å². The summed E-state index contributed by atoms with van der Waals surface area (Å²) in [5, 5.41) is 0.873. The molecule has 4 heteroatoms. The van der Waals surface area contributed by atoms with E-state index in [9.17, 15) is 0 Å². The highest BCUT2D eigenvalue weighted by Crippen LogP contribution is 2.25. The van der Waals surface area contributed by atoms with E-state index < -0.39 is 0 Å². The number of hydrogen-bond acceptors (Lipinski definition) is 3. The molecule has 0 aliphatic rings. The highest BCUT2D eigenvalue weighted by molar-refractivity contribution is 9.08. The van der Waals surface area contributed by atoms with Crippen molar-refractivity contribution in [2.45, 2.75) is 25.6 Å². The molecule has 0 atom stereocenters. The van der Waals surface area contributed by atoms with Crippen LogP contribution in [-0.2, 0) is 14.8 Å². The van der Waals surface area contributed by atoms with Gasteiger partial charge in [-0.1, -0.05) is 28.1 Å². The van der Waals surface area contributed by atoms with E-state index in [0.29, 0.717) is 13.2 Å². The molecule has 0 N–H and O–H groups in total. The van der Waals surface area contributed by atoms with Gasteiger partial charge in [-0.15, -0.1) is 0 Å². The molecule has 0 amide bonds. The van der Waals surface area contributed by atoms with Crippen LogP contribution in [0.4, 0.5) is 0 Å². The van der Waals surface area contributed by atoms with Crippen LogP contribution in [0.5, 0.6) is 5.75 Å². The number of aryl methyl sites for hydroxylation is 2. The number of benzene rings is 1. The van der Waals surface area contributed by atoms with E-state index in [4.69, 9.17) is 14.2 Å². The predicted molar refractivity (Wildman–Crippen MR) is 81.4 cm³/mol. The molecule has 0 saturated carbocycles. The molecule has 1 aromatic rings. The normalized spacial score (nSPS) is 10.7. The summed E-state index contributed by atoms with van der Waals surface area (Å²) in [6.07, 6.45) is 0.925. The first-order chi connectivity index (χ1) is 9.19. The summed E-state index contributed by atoms with van der Waals surface area (Å²) in [6.45, 7) is 6.82. The first-order valence-corrected chi connectivity index (χ1v) is 7.66. The number of ether oxygens (including phenoxy) is 3. The van der Waals surface area contributed by atoms with E-state index in [2.05, 4.69) is 41.9 Å². The second-order valence-corrected chi connectivity index (χ2v) is 5.06. The molecule has 1 aromatic carbocycles. The molecule has 0 spiro atoms. The second kappa shape index (κ2) is 9.34. The quantitative estimate of drug-likeness (QED) is 0.511. The van der Waals surface area contributed by atoms with Crippen molar-refractivity contribution in [2.75, 3.05) is 33.5 Å². The SMILES string of the molecule is COCCCOCCOc1c(C)cc(CBr)cc1C. The Balaban J connectivity index is 2.33. The molecule has 0 bridgehead atoms.